The molecule has 2 fully saturated rings. The molecule has 0 bridgehead atoms. The number of sulfonamides is 1. The Morgan fingerprint density at radius 2 is 1.72 bits per heavy atom. The van der Waals surface area contributed by atoms with Gasteiger partial charge in [-0.3, -0.25) is 14.5 Å². The first-order valence-electron chi connectivity index (χ1n) is 13.5. The number of likely N-dealkylation sites (N-methyl/N-ethyl adjacent to an activating group) is 1. The van der Waals surface area contributed by atoms with Crippen LogP contribution in [0.5, 0.6) is 0 Å². The second kappa shape index (κ2) is 11.6. The number of fused-ring (bicyclic) bond motifs is 1. The predicted molar refractivity (Wildman–Crippen MR) is 149 cm³/mol. The number of anilines is 1. The molecule has 212 valence electrons. The van der Waals surface area contributed by atoms with E-state index in [-0.39, 0.29) is 42.0 Å². The summed E-state index contributed by atoms with van der Waals surface area (Å²) in [5, 5.41) is 3.52. The molecule has 12 heteroatoms. The number of ether oxygens (including phenoxy) is 2. The lowest BCUT2D eigenvalue weighted by molar-refractivity contribution is -0.0440. The van der Waals surface area contributed by atoms with Gasteiger partial charge in [0.15, 0.2) is 0 Å². The fraction of sp³-hybridized carbons (Fsp3) is 0.556. The van der Waals surface area contributed by atoms with Crippen molar-refractivity contribution in [3.8, 4) is 0 Å². The van der Waals surface area contributed by atoms with Crippen LogP contribution in [0.2, 0.25) is 0 Å². The maximum Gasteiger partial charge on any atom is 0.257 e. The van der Waals surface area contributed by atoms with Crippen molar-refractivity contribution in [1.29, 1.82) is 0 Å². The van der Waals surface area contributed by atoms with Gasteiger partial charge in [-0.2, -0.15) is 4.31 Å². The molecule has 3 aliphatic heterocycles. The Hall–Kier alpha value is -2.35. The predicted octanol–water partition coefficient (Wildman–Crippen LogP) is 2.65. The van der Waals surface area contributed by atoms with Gasteiger partial charge in [0.25, 0.3) is 11.8 Å². The number of carbonyl (C=O) groups is 2. The van der Waals surface area contributed by atoms with Crippen molar-refractivity contribution in [3.05, 3.63) is 45.8 Å². The van der Waals surface area contributed by atoms with E-state index in [0.717, 1.165) is 36.5 Å². The van der Waals surface area contributed by atoms with Gasteiger partial charge in [0.05, 0.1) is 35.9 Å². The van der Waals surface area contributed by atoms with E-state index in [1.54, 1.807) is 4.90 Å². The third kappa shape index (κ3) is 5.91. The molecule has 0 aliphatic carbocycles. The van der Waals surface area contributed by atoms with E-state index < -0.39 is 10.0 Å². The van der Waals surface area contributed by atoms with Gasteiger partial charge < -0.3 is 19.7 Å². The van der Waals surface area contributed by atoms with Crippen LogP contribution in [0.15, 0.2) is 29.2 Å². The summed E-state index contributed by atoms with van der Waals surface area (Å²) in [5.41, 5.74) is 1.92. The highest BCUT2D eigenvalue weighted by atomic mass is 32.2. The normalized spacial score (nSPS) is 22.9. The van der Waals surface area contributed by atoms with E-state index in [4.69, 9.17) is 9.47 Å². The van der Waals surface area contributed by atoms with Crippen LogP contribution in [0.25, 0.3) is 0 Å². The van der Waals surface area contributed by atoms with E-state index in [2.05, 4.69) is 17.1 Å². The van der Waals surface area contributed by atoms with Crippen molar-refractivity contribution >= 4 is 38.2 Å². The third-order valence-electron chi connectivity index (χ3n) is 7.46. The Balaban J connectivity index is 1.37. The van der Waals surface area contributed by atoms with Gasteiger partial charge in [0, 0.05) is 49.7 Å². The number of benzene rings is 1. The van der Waals surface area contributed by atoms with Crippen LogP contribution in [-0.2, 0) is 32.5 Å². The summed E-state index contributed by atoms with van der Waals surface area (Å²) in [7, 11) is -3.71. The van der Waals surface area contributed by atoms with E-state index in [9.17, 15) is 18.0 Å². The fourth-order valence-corrected chi connectivity index (χ4v) is 8.26. The Morgan fingerprint density at radius 1 is 1.05 bits per heavy atom. The summed E-state index contributed by atoms with van der Waals surface area (Å²) in [5.74, 6) is -0.457. The topological polar surface area (TPSA) is 108 Å². The van der Waals surface area contributed by atoms with Crippen molar-refractivity contribution in [1.82, 2.24) is 14.1 Å². The summed E-state index contributed by atoms with van der Waals surface area (Å²) in [6.45, 7) is 11.0. The Kier molecular flexibility index (Phi) is 8.41. The smallest absolute Gasteiger partial charge is 0.257 e. The summed E-state index contributed by atoms with van der Waals surface area (Å²) in [6.07, 6.45) is 0.375. The highest BCUT2D eigenvalue weighted by Gasteiger charge is 2.33. The summed E-state index contributed by atoms with van der Waals surface area (Å²) < 4.78 is 38.9. The van der Waals surface area contributed by atoms with Crippen molar-refractivity contribution in [2.24, 2.45) is 0 Å². The molecule has 2 atom stereocenters. The monoisotopic (exact) mass is 576 g/mol. The van der Waals surface area contributed by atoms with Crippen LogP contribution in [0.1, 0.15) is 51.9 Å². The zero-order valence-corrected chi connectivity index (χ0v) is 24.3. The molecule has 2 unspecified atom stereocenters. The molecule has 1 aromatic heterocycles. The molecular weight excluding hydrogens is 540 g/mol. The number of hydrogen-bond donors (Lipinski definition) is 1. The molecule has 0 radical (unpaired) electrons. The van der Waals surface area contributed by atoms with E-state index in [1.807, 2.05) is 13.8 Å². The van der Waals surface area contributed by atoms with Crippen molar-refractivity contribution < 1.29 is 27.5 Å². The number of carbonyl (C=O) groups excluding carboxylic acids is 2. The third-order valence-corrected chi connectivity index (χ3v) is 10.4. The minimum atomic E-state index is -3.71. The van der Waals surface area contributed by atoms with Crippen LogP contribution >= 0.6 is 11.3 Å². The van der Waals surface area contributed by atoms with Gasteiger partial charge in [-0.15, -0.1) is 11.3 Å². The largest absolute Gasteiger partial charge is 0.378 e. The molecule has 0 spiro atoms. The van der Waals surface area contributed by atoms with Crippen molar-refractivity contribution in [2.75, 3.05) is 57.8 Å². The number of amides is 2. The number of rotatable bonds is 6. The maximum atomic E-state index is 13.6. The molecule has 3 aliphatic rings. The molecule has 5 rings (SSSR count). The maximum absolute atomic E-state index is 13.6. The van der Waals surface area contributed by atoms with Gasteiger partial charge in [-0.1, -0.05) is 6.92 Å². The molecule has 10 nitrogen and oxygen atoms in total. The Bertz CT molecular complexity index is 1310. The van der Waals surface area contributed by atoms with Gasteiger partial charge in [-0.05, 0) is 56.6 Å². The Morgan fingerprint density at radius 3 is 2.36 bits per heavy atom. The molecule has 2 amide bonds. The van der Waals surface area contributed by atoms with E-state index in [0.29, 0.717) is 42.4 Å². The number of hydrogen-bond acceptors (Lipinski definition) is 8. The first kappa shape index (κ1) is 28.2. The standard InChI is InChI=1S/C27H36N4O6S2/c1-4-29-10-9-22-23(17-29)38-26(24(22)27(33)30-11-13-36-14-12-30)28-25(32)20-5-7-21(8-6-20)39(34,35)31-15-18(2)37-19(3)16-31/h5-8,18-19H,4,9-17H2,1-3H3,(H,28,32). The quantitative estimate of drug-likeness (QED) is 0.563. The van der Waals surface area contributed by atoms with Crippen LogP contribution in [0.4, 0.5) is 5.00 Å². The van der Waals surface area contributed by atoms with Crippen LogP contribution in [-0.4, -0.2) is 99.0 Å². The van der Waals surface area contributed by atoms with Gasteiger partial charge in [0.2, 0.25) is 10.0 Å². The van der Waals surface area contributed by atoms with Crippen LogP contribution in [0, 0.1) is 0 Å². The number of thiophene rings is 1. The van der Waals surface area contributed by atoms with Crippen LogP contribution < -0.4 is 5.32 Å². The zero-order valence-electron chi connectivity index (χ0n) is 22.6. The minimum absolute atomic E-state index is 0.0774. The molecule has 39 heavy (non-hydrogen) atoms. The lowest BCUT2D eigenvalue weighted by Gasteiger charge is -2.34. The molecule has 1 N–H and O–H groups in total. The molecular formula is C27H36N4O6S2. The first-order chi connectivity index (χ1) is 18.7. The Labute approximate surface area is 233 Å². The molecule has 0 saturated carbocycles. The molecule has 1 aromatic carbocycles. The zero-order chi connectivity index (χ0) is 27.7. The van der Waals surface area contributed by atoms with E-state index in [1.165, 1.54) is 39.9 Å². The number of nitrogens with one attached hydrogen (secondary N) is 1. The fourth-order valence-electron chi connectivity index (χ4n) is 5.39. The van der Waals surface area contributed by atoms with Gasteiger partial charge in [-0.25, -0.2) is 8.42 Å². The second-order valence-electron chi connectivity index (χ2n) is 10.3. The molecule has 2 aromatic rings. The van der Waals surface area contributed by atoms with Crippen LogP contribution in [0.3, 0.4) is 0 Å². The lowest BCUT2D eigenvalue weighted by Crippen LogP contribution is -2.48. The van der Waals surface area contributed by atoms with Gasteiger partial charge in [0.1, 0.15) is 5.00 Å². The summed E-state index contributed by atoms with van der Waals surface area (Å²) in [6, 6.07) is 5.97. The van der Waals surface area contributed by atoms with Crippen molar-refractivity contribution in [3.63, 3.8) is 0 Å². The molecule has 2 saturated heterocycles. The summed E-state index contributed by atoms with van der Waals surface area (Å²) in [4.78, 5) is 32.3. The number of nitrogens with zero attached hydrogens (tertiary/aromatic N) is 3. The average molecular weight is 577 g/mol. The molecule has 4 heterocycles. The average Bonchev–Trinajstić information content (AvgIpc) is 3.29. The summed E-state index contributed by atoms with van der Waals surface area (Å²) >= 11 is 1.46. The van der Waals surface area contributed by atoms with E-state index >= 15 is 0 Å². The second-order valence-corrected chi connectivity index (χ2v) is 13.3. The minimum Gasteiger partial charge on any atom is -0.378 e. The lowest BCUT2D eigenvalue weighted by atomic mass is 10.0. The van der Waals surface area contributed by atoms with Gasteiger partial charge >= 0.3 is 0 Å². The highest BCUT2D eigenvalue weighted by molar-refractivity contribution is 7.89. The number of morpholine rings is 2. The SMILES string of the molecule is CCN1CCc2c(sc(NC(=O)c3ccc(S(=O)(=O)N4CC(C)OC(C)C4)cc3)c2C(=O)N2CCOCC2)C1. The highest BCUT2D eigenvalue weighted by Crippen LogP contribution is 2.38. The van der Waals surface area contributed by atoms with Crippen molar-refractivity contribution in [2.45, 2.75) is 50.8 Å². The first-order valence-corrected chi connectivity index (χ1v) is 15.7.